The van der Waals surface area contributed by atoms with Crippen LogP contribution in [0.5, 0.6) is 0 Å². The van der Waals surface area contributed by atoms with Crippen LogP contribution in [0.2, 0.25) is 0 Å². The molecule has 2 aliphatic carbocycles. The van der Waals surface area contributed by atoms with E-state index in [1.54, 1.807) is 0 Å². The molecule has 0 amide bonds. The zero-order chi connectivity index (χ0) is 13.9. The molecule has 0 bridgehead atoms. The van der Waals surface area contributed by atoms with Crippen molar-refractivity contribution in [3.8, 4) is 0 Å². The number of aliphatic hydroxyl groups excluding tert-OH is 2. The highest BCUT2D eigenvalue weighted by molar-refractivity contribution is 5.91. The van der Waals surface area contributed by atoms with E-state index in [-0.39, 0.29) is 23.9 Å². The van der Waals surface area contributed by atoms with E-state index in [0.717, 1.165) is 5.57 Å². The average molecular weight is 264 g/mol. The third-order valence-corrected chi connectivity index (χ3v) is 5.24. The van der Waals surface area contributed by atoms with E-state index in [0.29, 0.717) is 18.4 Å². The molecule has 0 aromatic heterocycles. The maximum atomic E-state index is 11.6. The third kappa shape index (κ3) is 1.63. The van der Waals surface area contributed by atoms with Gasteiger partial charge < -0.3 is 14.9 Å². The van der Waals surface area contributed by atoms with Crippen LogP contribution in [0, 0.1) is 17.3 Å². The Hall–Kier alpha value is -1.13. The SMILES string of the molecule is C=C1C(=O)OC2CC3(C)C(=CC12)C(C)C(O)CC3O. The number of rotatable bonds is 0. The van der Waals surface area contributed by atoms with Crippen molar-refractivity contribution in [1.82, 2.24) is 0 Å². The first-order chi connectivity index (χ1) is 8.84. The Morgan fingerprint density at radius 2 is 2.16 bits per heavy atom. The summed E-state index contributed by atoms with van der Waals surface area (Å²) in [5.41, 5.74) is 1.12. The van der Waals surface area contributed by atoms with Crippen molar-refractivity contribution in [2.24, 2.45) is 17.3 Å². The number of fused-ring (bicyclic) bond motifs is 2. The Bertz CT molecular complexity index is 481. The van der Waals surface area contributed by atoms with Crippen LogP contribution in [0.3, 0.4) is 0 Å². The van der Waals surface area contributed by atoms with Gasteiger partial charge in [0.1, 0.15) is 6.10 Å². The number of hydrogen-bond donors (Lipinski definition) is 2. The van der Waals surface area contributed by atoms with Crippen LogP contribution >= 0.6 is 0 Å². The quantitative estimate of drug-likeness (QED) is 0.392. The van der Waals surface area contributed by atoms with Gasteiger partial charge in [0.25, 0.3) is 0 Å². The van der Waals surface area contributed by atoms with E-state index in [4.69, 9.17) is 4.74 Å². The summed E-state index contributed by atoms with van der Waals surface area (Å²) in [7, 11) is 0. The Morgan fingerprint density at radius 1 is 1.47 bits per heavy atom. The molecule has 0 aromatic carbocycles. The van der Waals surface area contributed by atoms with Crippen molar-refractivity contribution in [2.45, 2.75) is 45.0 Å². The molecule has 3 aliphatic rings. The zero-order valence-corrected chi connectivity index (χ0v) is 11.3. The molecule has 2 fully saturated rings. The molecule has 6 unspecified atom stereocenters. The molecule has 3 rings (SSSR count). The van der Waals surface area contributed by atoms with Gasteiger partial charge in [-0.2, -0.15) is 0 Å². The van der Waals surface area contributed by atoms with Crippen LogP contribution in [-0.2, 0) is 9.53 Å². The standard InChI is InChI=1S/C15H20O4/c1-7-9-4-10-8(2)11(16)5-13(17)15(10,3)6-12(9)19-14(7)18/h4,8-9,11-13,16-17H,1,5-6H2,2-3H3. The molecule has 1 saturated carbocycles. The van der Waals surface area contributed by atoms with E-state index in [1.807, 2.05) is 19.9 Å². The summed E-state index contributed by atoms with van der Waals surface area (Å²) in [5.74, 6) is -0.440. The van der Waals surface area contributed by atoms with Gasteiger partial charge in [0.2, 0.25) is 0 Å². The predicted molar refractivity (Wildman–Crippen MR) is 69.1 cm³/mol. The predicted octanol–water partition coefficient (Wildman–Crippen LogP) is 1.18. The molecular weight excluding hydrogens is 244 g/mol. The molecule has 0 spiro atoms. The summed E-state index contributed by atoms with van der Waals surface area (Å²) < 4.78 is 5.35. The third-order valence-electron chi connectivity index (χ3n) is 5.24. The molecule has 0 radical (unpaired) electrons. The number of carbonyl (C=O) groups excluding carboxylic acids is 1. The number of aliphatic hydroxyl groups is 2. The molecule has 4 heteroatoms. The summed E-state index contributed by atoms with van der Waals surface area (Å²) in [6.45, 7) is 7.77. The maximum Gasteiger partial charge on any atom is 0.334 e. The van der Waals surface area contributed by atoms with E-state index < -0.39 is 17.6 Å². The van der Waals surface area contributed by atoms with Gasteiger partial charge in [0.15, 0.2) is 0 Å². The smallest absolute Gasteiger partial charge is 0.334 e. The summed E-state index contributed by atoms with van der Waals surface area (Å²) >= 11 is 0. The van der Waals surface area contributed by atoms with Crippen molar-refractivity contribution >= 4 is 5.97 Å². The highest BCUT2D eigenvalue weighted by Gasteiger charge is 2.53. The van der Waals surface area contributed by atoms with Gasteiger partial charge in [-0.05, 0) is 6.42 Å². The van der Waals surface area contributed by atoms with E-state index in [2.05, 4.69) is 6.58 Å². The topological polar surface area (TPSA) is 66.8 Å². The molecule has 4 nitrogen and oxygen atoms in total. The molecule has 6 atom stereocenters. The fourth-order valence-electron chi connectivity index (χ4n) is 3.84. The van der Waals surface area contributed by atoms with Crippen molar-refractivity contribution in [2.75, 3.05) is 0 Å². The van der Waals surface area contributed by atoms with Crippen LogP contribution < -0.4 is 0 Å². The van der Waals surface area contributed by atoms with Gasteiger partial charge in [-0.25, -0.2) is 4.79 Å². The molecule has 1 heterocycles. The Labute approximate surface area is 112 Å². The second-order valence-electron chi connectivity index (χ2n) is 6.35. The minimum atomic E-state index is -0.599. The van der Waals surface area contributed by atoms with Crippen molar-refractivity contribution < 1.29 is 19.7 Å². The maximum absolute atomic E-state index is 11.6. The normalized spacial score (nSPS) is 49.3. The van der Waals surface area contributed by atoms with Crippen LogP contribution in [0.25, 0.3) is 0 Å². The highest BCUT2D eigenvalue weighted by Crippen LogP contribution is 2.53. The molecule has 104 valence electrons. The van der Waals surface area contributed by atoms with Gasteiger partial charge in [0, 0.05) is 29.2 Å². The highest BCUT2D eigenvalue weighted by atomic mass is 16.6. The van der Waals surface area contributed by atoms with Gasteiger partial charge in [-0.1, -0.05) is 32.1 Å². The number of esters is 1. The second-order valence-corrected chi connectivity index (χ2v) is 6.35. The molecular formula is C15H20O4. The fraction of sp³-hybridized carbons (Fsp3) is 0.667. The van der Waals surface area contributed by atoms with E-state index >= 15 is 0 Å². The average Bonchev–Trinajstić information content (AvgIpc) is 2.61. The first-order valence-electron chi connectivity index (χ1n) is 6.82. The van der Waals surface area contributed by atoms with Gasteiger partial charge >= 0.3 is 5.97 Å². The Morgan fingerprint density at radius 3 is 2.84 bits per heavy atom. The molecule has 1 saturated heterocycles. The molecule has 0 aromatic rings. The summed E-state index contributed by atoms with van der Waals surface area (Å²) in [6.07, 6.45) is 1.63. The largest absolute Gasteiger partial charge is 0.458 e. The van der Waals surface area contributed by atoms with Crippen molar-refractivity contribution in [3.05, 3.63) is 23.8 Å². The van der Waals surface area contributed by atoms with Crippen LogP contribution in [0.1, 0.15) is 26.7 Å². The number of hydrogen-bond acceptors (Lipinski definition) is 4. The lowest BCUT2D eigenvalue weighted by atomic mass is 9.58. The number of ether oxygens (including phenoxy) is 1. The second kappa shape index (κ2) is 3.93. The van der Waals surface area contributed by atoms with Crippen LogP contribution in [0.15, 0.2) is 23.8 Å². The zero-order valence-electron chi connectivity index (χ0n) is 11.3. The Balaban J connectivity index is 2.05. The summed E-state index contributed by atoms with van der Waals surface area (Å²) in [6, 6.07) is 0. The lowest BCUT2D eigenvalue weighted by Gasteiger charge is -2.50. The minimum absolute atomic E-state index is 0.00199. The van der Waals surface area contributed by atoms with Gasteiger partial charge in [0.05, 0.1) is 12.2 Å². The van der Waals surface area contributed by atoms with Crippen molar-refractivity contribution in [3.63, 3.8) is 0 Å². The molecule has 19 heavy (non-hydrogen) atoms. The minimum Gasteiger partial charge on any atom is -0.458 e. The fourth-order valence-corrected chi connectivity index (χ4v) is 3.84. The van der Waals surface area contributed by atoms with Gasteiger partial charge in [-0.15, -0.1) is 0 Å². The van der Waals surface area contributed by atoms with Crippen LogP contribution in [0.4, 0.5) is 0 Å². The number of carbonyl (C=O) groups is 1. The van der Waals surface area contributed by atoms with Crippen LogP contribution in [-0.4, -0.2) is 34.5 Å². The lowest BCUT2D eigenvalue weighted by molar-refractivity contribution is -0.142. The first-order valence-corrected chi connectivity index (χ1v) is 6.82. The molecule has 1 aliphatic heterocycles. The van der Waals surface area contributed by atoms with E-state index in [9.17, 15) is 15.0 Å². The Kier molecular flexibility index (Phi) is 2.67. The summed E-state index contributed by atoms with van der Waals surface area (Å²) in [5, 5.41) is 20.4. The monoisotopic (exact) mass is 264 g/mol. The van der Waals surface area contributed by atoms with Crippen molar-refractivity contribution in [1.29, 1.82) is 0 Å². The van der Waals surface area contributed by atoms with E-state index in [1.165, 1.54) is 0 Å². The molecule has 2 N–H and O–H groups in total. The first kappa shape index (κ1) is 12.9. The summed E-state index contributed by atoms with van der Waals surface area (Å²) in [4.78, 5) is 11.6. The van der Waals surface area contributed by atoms with Gasteiger partial charge in [-0.3, -0.25) is 0 Å². The lowest BCUT2D eigenvalue weighted by Crippen LogP contribution is -2.50.